The molecule has 0 radical (unpaired) electrons. The first-order chi connectivity index (χ1) is 12.5. The maximum Gasteiger partial charge on any atom is 0.223 e. The number of methoxy groups -OCH3 is 1. The molecule has 0 unspecified atom stereocenters. The van der Waals surface area contributed by atoms with Crippen molar-refractivity contribution in [2.24, 2.45) is 5.92 Å². The van der Waals surface area contributed by atoms with Crippen molar-refractivity contribution in [1.82, 2.24) is 9.88 Å². The van der Waals surface area contributed by atoms with Gasteiger partial charge in [0.05, 0.1) is 7.11 Å². The van der Waals surface area contributed by atoms with Crippen LogP contribution in [0.1, 0.15) is 30.5 Å². The van der Waals surface area contributed by atoms with Crippen LogP contribution in [0.3, 0.4) is 0 Å². The summed E-state index contributed by atoms with van der Waals surface area (Å²) in [6.07, 6.45) is 5.53. The van der Waals surface area contributed by atoms with Crippen molar-refractivity contribution >= 4 is 0 Å². The summed E-state index contributed by atoms with van der Waals surface area (Å²) in [4.78, 5) is 17.3. The fourth-order valence-corrected chi connectivity index (χ4v) is 3.59. The number of hydrogen-bond donors (Lipinski definition) is 1. The molecule has 140 valence electrons. The summed E-state index contributed by atoms with van der Waals surface area (Å²) in [5, 5.41) is 0. The predicted octanol–water partition coefficient (Wildman–Crippen LogP) is 3.51. The van der Waals surface area contributed by atoms with Crippen LogP contribution in [0, 0.1) is 17.6 Å². The number of likely N-dealkylation sites (tertiary alicyclic amines) is 1. The SMILES string of the molecule is COc1c[nH]c(CN2CCC[C@@H](CCc3ccc(F)c(F)c3)C2)cc1=O. The van der Waals surface area contributed by atoms with E-state index in [9.17, 15) is 13.6 Å². The number of aromatic amines is 1. The molecular formula is C20H24F2N2O2. The van der Waals surface area contributed by atoms with Crippen LogP contribution in [0.4, 0.5) is 8.78 Å². The molecule has 1 saturated heterocycles. The lowest BCUT2D eigenvalue weighted by molar-refractivity contribution is 0.160. The van der Waals surface area contributed by atoms with E-state index in [4.69, 9.17) is 4.74 Å². The van der Waals surface area contributed by atoms with Crippen LogP contribution in [0.5, 0.6) is 5.75 Å². The third-order valence-corrected chi connectivity index (χ3v) is 4.98. The van der Waals surface area contributed by atoms with Gasteiger partial charge in [0.25, 0.3) is 0 Å². The molecule has 4 nitrogen and oxygen atoms in total. The molecule has 1 aromatic carbocycles. The Hall–Kier alpha value is -2.21. The van der Waals surface area contributed by atoms with Gasteiger partial charge in [0.15, 0.2) is 17.4 Å². The molecule has 1 aromatic heterocycles. The van der Waals surface area contributed by atoms with E-state index in [1.54, 1.807) is 18.3 Å². The molecule has 1 N–H and O–H groups in total. The fraction of sp³-hybridized carbons (Fsp3) is 0.450. The third kappa shape index (κ3) is 4.69. The van der Waals surface area contributed by atoms with Gasteiger partial charge >= 0.3 is 0 Å². The number of nitrogens with zero attached hydrogens (tertiary/aromatic N) is 1. The van der Waals surface area contributed by atoms with Gasteiger partial charge < -0.3 is 9.72 Å². The Kier molecular flexibility index (Phi) is 6.04. The quantitative estimate of drug-likeness (QED) is 0.855. The maximum absolute atomic E-state index is 13.3. The minimum atomic E-state index is -0.800. The molecule has 26 heavy (non-hydrogen) atoms. The molecule has 1 atom stereocenters. The van der Waals surface area contributed by atoms with Crippen LogP contribution in [0.2, 0.25) is 0 Å². The van der Waals surface area contributed by atoms with Crippen molar-refractivity contribution < 1.29 is 13.5 Å². The van der Waals surface area contributed by atoms with Gasteiger partial charge in [-0.1, -0.05) is 6.07 Å². The van der Waals surface area contributed by atoms with Gasteiger partial charge in [-0.25, -0.2) is 8.78 Å². The van der Waals surface area contributed by atoms with E-state index in [0.29, 0.717) is 18.2 Å². The van der Waals surface area contributed by atoms with Gasteiger partial charge in [-0.2, -0.15) is 0 Å². The molecule has 0 bridgehead atoms. The molecule has 0 spiro atoms. The zero-order valence-corrected chi connectivity index (χ0v) is 14.9. The zero-order valence-electron chi connectivity index (χ0n) is 14.9. The molecule has 0 saturated carbocycles. The number of hydrogen-bond acceptors (Lipinski definition) is 3. The molecule has 3 rings (SSSR count). The minimum Gasteiger partial charge on any atom is -0.491 e. The molecule has 2 aromatic rings. The number of pyridine rings is 1. The fourth-order valence-electron chi connectivity index (χ4n) is 3.59. The Bertz CT molecular complexity index is 807. The topological polar surface area (TPSA) is 45.3 Å². The van der Waals surface area contributed by atoms with Crippen LogP contribution in [-0.4, -0.2) is 30.1 Å². The molecule has 6 heteroatoms. The highest BCUT2D eigenvalue weighted by atomic mass is 19.2. The number of aromatic nitrogens is 1. The predicted molar refractivity (Wildman–Crippen MR) is 96.3 cm³/mol. The second-order valence-electron chi connectivity index (χ2n) is 6.92. The number of piperidine rings is 1. The van der Waals surface area contributed by atoms with Crippen molar-refractivity contribution in [3.63, 3.8) is 0 Å². The van der Waals surface area contributed by atoms with E-state index in [0.717, 1.165) is 50.0 Å². The molecule has 1 aliphatic rings. The van der Waals surface area contributed by atoms with Crippen LogP contribution in [0.15, 0.2) is 35.3 Å². The van der Waals surface area contributed by atoms with Crippen LogP contribution in [0.25, 0.3) is 0 Å². The van der Waals surface area contributed by atoms with E-state index < -0.39 is 11.6 Å². The highest BCUT2D eigenvalue weighted by Crippen LogP contribution is 2.23. The number of H-pyrrole nitrogens is 1. The molecule has 0 amide bonds. The maximum atomic E-state index is 13.3. The minimum absolute atomic E-state index is 0.117. The van der Waals surface area contributed by atoms with E-state index in [2.05, 4.69) is 9.88 Å². The number of halogens is 2. The van der Waals surface area contributed by atoms with E-state index in [1.807, 2.05) is 0 Å². The van der Waals surface area contributed by atoms with Crippen molar-refractivity contribution in [2.75, 3.05) is 20.2 Å². The van der Waals surface area contributed by atoms with Gasteiger partial charge in [-0.15, -0.1) is 0 Å². The number of rotatable bonds is 6. The van der Waals surface area contributed by atoms with Crippen molar-refractivity contribution in [2.45, 2.75) is 32.2 Å². The van der Waals surface area contributed by atoms with Gasteiger partial charge in [-0.3, -0.25) is 9.69 Å². The van der Waals surface area contributed by atoms with Crippen LogP contribution >= 0.6 is 0 Å². The van der Waals surface area contributed by atoms with Gasteiger partial charge in [0, 0.05) is 31.0 Å². The molecule has 0 aliphatic carbocycles. The summed E-state index contributed by atoms with van der Waals surface area (Å²) in [5.74, 6) is -0.749. The van der Waals surface area contributed by atoms with Gasteiger partial charge in [0.1, 0.15) is 0 Å². The van der Waals surface area contributed by atoms with E-state index >= 15 is 0 Å². The van der Waals surface area contributed by atoms with Gasteiger partial charge in [0.2, 0.25) is 5.43 Å². The summed E-state index contributed by atoms with van der Waals surface area (Å²) < 4.78 is 31.3. The average Bonchev–Trinajstić information content (AvgIpc) is 2.63. The molecule has 1 fully saturated rings. The van der Waals surface area contributed by atoms with Crippen molar-refractivity contribution in [3.05, 3.63) is 63.6 Å². The Labute approximate surface area is 151 Å². The monoisotopic (exact) mass is 362 g/mol. The molecular weight excluding hydrogens is 338 g/mol. The largest absolute Gasteiger partial charge is 0.491 e. The normalized spacial score (nSPS) is 18.0. The number of benzene rings is 1. The Balaban J connectivity index is 1.54. The van der Waals surface area contributed by atoms with Crippen molar-refractivity contribution in [1.29, 1.82) is 0 Å². The highest BCUT2D eigenvalue weighted by molar-refractivity contribution is 5.20. The van der Waals surface area contributed by atoms with E-state index in [1.165, 1.54) is 19.2 Å². The lowest BCUT2D eigenvalue weighted by Gasteiger charge is -2.32. The van der Waals surface area contributed by atoms with E-state index in [-0.39, 0.29) is 5.43 Å². The second-order valence-corrected chi connectivity index (χ2v) is 6.92. The summed E-state index contributed by atoms with van der Waals surface area (Å²) >= 11 is 0. The van der Waals surface area contributed by atoms with Crippen LogP contribution < -0.4 is 10.2 Å². The lowest BCUT2D eigenvalue weighted by atomic mass is 9.91. The number of ether oxygens (including phenoxy) is 1. The average molecular weight is 362 g/mol. The van der Waals surface area contributed by atoms with Crippen LogP contribution in [-0.2, 0) is 13.0 Å². The van der Waals surface area contributed by atoms with Crippen molar-refractivity contribution in [3.8, 4) is 5.75 Å². The summed E-state index contributed by atoms with van der Waals surface area (Å²) in [7, 11) is 1.48. The molecule has 1 aliphatic heterocycles. The molecule has 2 heterocycles. The first-order valence-corrected chi connectivity index (χ1v) is 8.97. The second kappa shape index (κ2) is 8.45. The third-order valence-electron chi connectivity index (χ3n) is 4.98. The summed E-state index contributed by atoms with van der Waals surface area (Å²) in [6.45, 7) is 2.63. The Morgan fingerprint density at radius 2 is 2.12 bits per heavy atom. The zero-order chi connectivity index (χ0) is 18.5. The summed E-state index contributed by atoms with van der Waals surface area (Å²) in [6, 6.07) is 5.72. The number of nitrogens with one attached hydrogen (secondary N) is 1. The Morgan fingerprint density at radius 3 is 2.85 bits per heavy atom. The summed E-state index contributed by atoms with van der Waals surface area (Å²) in [5.41, 5.74) is 1.59. The highest BCUT2D eigenvalue weighted by Gasteiger charge is 2.20. The first kappa shape index (κ1) is 18.6. The standard InChI is InChI=1S/C20H24F2N2O2/c1-26-20-11-23-16(10-19(20)25)13-24-8-2-3-15(12-24)5-4-14-6-7-17(21)18(22)9-14/h6-7,9-11,15H,2-5,8,12-13H2,1H3,(H,23,25)/t15-/m0/s1. The first-order valence-electron chi connectivity index (χ1n) is 8.97. The smallest absolute Gasteiger partial charge is 0.223 e. The van der Waals surface area contributed by atoms with Gasteiger partial charge in [-0.05, 0) is 55.8 Å². The Morgan fingerprint density at radius 1 is 1.27 bits per heavy atom. The lowest BCUT2D eigenvalue weighted by Crippen LogP contribution is -2.35. The number of aryl methyl sites for hydroxylation is 1.